The van der Waals surface area contributed by atoms with Crippen molar-refractivity contribution in [3.05, 3.63) is 53.3 Å². The van der Waals surface area contributed by atoms with Crippen molar-refractivity contribution in [3.8, 4) is 0 Å². The Bertz CT molecular complexity index is 475. The molecule has 1 aliphatic rings. The normalized spacial score (nSPS) is 15.8. The molecule has 3 heteroatoms. The van der Waals surface area contributed by atoms with Crippen LogP contribution in [0.5, 0.6) is 0 Å². The molecule has 0 bridgehead atoms. The van der Waals surface area contributed by atoms with Crippen LogP contribution in [0.1, 0.15) is 16.8 Å². The molecule has 0 aliphatic carbocycles. The van der Waals surface area contributed by atoms with E-state index in [-0.39, 0.29) is 0 Å². The summed E-state index contributed by atoms with van der Waals surface area (Å²) in [7, 11) is 0. The number of nitrogens with zero attached hydrogens (tertiary/aromatic N) is 2. The lowest BCUT2D eigenvalue weighted by molar-refractivity contribution is 0.254. The summed E-state index contributed by atoms with van der Waals surface area (Å²) in [6, 6.07) is 10.7. The van der Waals surface area contributed by atoms with E-state index < -0.39 is 0 Å². The van der Waals surface area contributed by atoms with Crippen LogP contribution >= 0.6 is 0 Å². The van der Waals surface area contributed by atoms with Crippen molar-refractivity contribution < 1.29 is 0 Å². The van der Waals surface area contributed by atoms with Gasteiger partial charge in [-0.1, -0.05) is 30.3 Å². The zero-order chi connectivity index (χ0) is 11.5. The molecular formula is C14H17N3. The maximum absolute atomic E-state index is 4.10. The molecule has 1 N–H and O–H groups in total. The van der Waals surface area contributed by atoms with Gasteiger partial charge in [0.15, 0.2) is 0 Å². The van der Waals surface area contributed by atoms with E-state index in [1.807, 2.05) is 6.20 Å². The first-order valence-corrected chi connectivity index (χ1v) is 6.19. The van der Waals surface area contributed by atoms with Gasteiger partial charge in [0.25, 0.3) is 0 Å². The fourth-order valence-electron chi connectivity index (χ4n) is 2.39. The van der Waals surface area contributed by atoms with Crippen molar-refractivity contribution in [3.63, 3.8) is 0 Å². The zero-order valence-electron chi connectivity index (χ0n) is 9.89. The average molecular weight is 227 g/mol. The molecule has 17 heavy (non-hydrogen) atoms. The van der Waals surface area contributed by atoms with Gasteiger partial charge in [-0.25, -0.2) is 0 Å². The minimum absolute atomic E-state index is 1.02. The Morgan fingerprint density at radius 2 is 2.12 bits per heavy atom. The molecule has 0 amide bonds. The maximum Gasteiger partial charge on any atom is 0.0524 e. The quantitative estimate of drug-likeness (QED) is 0.870. The summed E-state index contributed by atoms with van der Waals surface area (Å²) in [5, 5.41) is 7.20. The van der Waals surface area contributed by atoms with E-state index in [4.69, 9.17) is 0 Å². The van der Waals surface area contributed by atoms with Crippen LogP contribution in [0.15, 0.2) is 36.5 Å². The van der Waals surface area contributed by atoms with Crippen molar-refractivity contribution >= 4 is 0 Å². The van der Waals surface area contributed by atoms with Crippen LogP contribution in [0.4, 0.5) is 0 Å². The highest BCUT2D eigenvalue weighted by molar-refractivity contribution is 5.19. The molecule has 1 aromatic heterocycles. The van der Waals surface area contributed by atoms with E-state index in [2.05, 4.69) is 45.4 Å². The SMILES string of the molecule is c1ccc(CCN2CCc3cn[nH]c3C2)cc1. The average Bonchev–Trinajstić information content (AvgIpc) is 2.85. The van der Waals surface area contributed by atoms with Crippen molar-refractivity contribution in [2.24, 2.45) is 0 Å². The maximum atomic E-state index is 4.10. The monoisotopic (exact) mass is 227 g/mol. The molecule has 0 saturated heterocycles. The van der Waals surface area contributed by atoms with E-state index in [1.54, 1.807) is 0 Å². The first kappa shape index (κ1) is 10.5. The Morgan fingerprint density at radius 1 is 1.24 bits per heavy atom. The molecule has 2 aromatic rings. The van der Waals surface area contributed by atoms with Gasteiger partial charge in [0, 0.05) is 19.6 Å². The lowest BCUT2D eigenvalue weighted by Crippen LogP contribution is -2.32. The smallest absolute Gasteiger partial charge is 0.0524 e. The van der Waals surface area contributed by atoms with Crippen LogP contribution in [0, 0.1) is 0 Å². The highest BCUT2D eigenvalue weighted by atomic mass is 15.2. The summed E-state index contributed by atoms with van der Waals surface area (Å²) < 4.78 is 0. The predicted octanol–water partition coefficient (Wildman–Crippen LogP) is 2.01. The predicted molar refractivity (Wildman–Crippen MR) is 67.7 cm³/mol. The Morgan fingerprint density at radius 3 is 3.00 bits per heavy atom. The number of H-pyrrole nitrogens is 1. The number of aromatic nitrogens is 2. The summed E-state index contributed by atoms with van der Waals surface area (Å²) in [4.78, 5) is 2.49. The van der Waals surface area contributed by atoms with Gasteiger partial charge >= 0.3 is 0 Å². The van der Waals surface area contributed by atoms with E-state index in [9.17, 15) is 0 Å². The van der Waals surface area contributed by atoms with Gasteiger partial charge in [0.05, 0.1) is 11.9 Å². The number of hydrogen-bond acceptors (Lipinski definition) is 2. The Kier molecular flexibility index (Phi) is 2.92. The fourth-order valence-corrected chi connectivity index (χ4v) is 2.39. The van der Waals surface area contributed by atoms with Crippen LogP contribution < -0.4 is 0 Å². The first-order chi connectivity index (χ1) is 8.42. The van der Waals surface area contributed by atoms with Crippen molar-refractivity contribution in [2.75, 3.05) is 13.1 Å². The third-order valence-corrected chi connectivity index (χ3v) is 3.45. The third kappa shape index (κ3) is 2.39. The molecule has 1 aliphatic heterocycles. The minimum atomic E-state index is 1.02. The highest BCUT2D eigenvalue weighted by Crippen LogP contribution is 2.16. The molecular weight excluding hydrogens is 210 g/mol. The van der Waals surface area contributed by atoms with Crippen LogP contribution in [0.25, 0.3) is 0 Å². The molecule has 0 spiro atoms. The van der Waals surface area contributed by atoms with Gasteiger partial charge in [-0.15, -0.1) is 0 Å². The minimum Gasteiger partial charge on any atom is -0.297 e. The number of aromatic amines is 1. The topological polar surface area (TPSA) is 31.9 Å². The summed E-state index contributed by atoms with van der Waals surface area (Å²) in [5.41, 5.74) is 4.10. The Hall–Kier alpha value is -1.61. The second-order valence-electron chi connectivity index (χ2n) is 4.64. The van der Waals surface area contributed by atoms with E-state index in [1.165, 1.54) is 16.8 Å². The summed E-state index contributed by atoms with van der Waals surface area (Å²) in [6.07, 6.45) is 4.22. The molecule has 2 heterocycles. The van der Waals surface area contributed by atoms with Crippen molar-refractivity contribution in [1.29, 1.82) is 0 Å². The van der Waals surface area contributed by atoms with Crippen LogP contribution in [-0.2, 0) is 19.4 Å². The summed E-state index contributed by atoms with van der Waals surface area (Å²) >= 11 is 0. The van der Waals surface area contributed by atoms with E-state index in [0.717, 1.165) is 32.5 Å². The largest absolute Gasteiger partial charge is 0.297 e. The molecule has 0 unspecified atom stereocenters. The molecule has 88 valence electrons. The lowest BCUT2D eigenvalue weighted by atomic mass is 10.1. The summed E-state index contributed by atoms with van der Waals surface area (Å²) in [5.74, 6) is 0. The number of fused-ring (bicyclic) bond motifs is 1. The first-order valence-electron chi connectivity index (χ1n) is 6.19. The van der Waals surface area contributed by atoms with Crippen LogP contribution in [-0.4, -0.2) is 28.2 Å². The van der Waals surface area contributed by atoms with Crippen molar-refractivity contribution in [1.82, 2.24) is 15.1 Å². The Balaban J connectivity index is 1.58. The number of nitrogens with one attached hydrogen (secondary N) is 1. The van der Waals surface area contributed by atoms with Gasteiger partial charge in [-0.05, 0) is 24.0 Å². The number of hydrogen-bond donors (Lipinski definition) is 1. The van der Waals surface area contributed by atoms with Gasteiger partial charge in [0.2, 0.25) is 0 Å². The zero-order valence-corrected chi connectivity index (χ0v) is 9.89. The molecule has 0 atom stereocenters. The van der Waals surface area contributed by atoms with Gasteiger partial charge in [-0.3, -0.25) is 10.00 Å². The molecule has 1 aromatic carbocycles. The van der Waals surface area contributed by atoms with Crippen LogP contribution in [0.3, 0.4) is 0 Å². The van der Waals surface area contributed by atoms with Crippen LogP contribution in [0.2, 0.25) is 0 Å². The standard InChI is InChI=1S/C14H17N3/c1-2-4-12(5-3-1)6-8-17-9-7-13-10-15-16-14(13)11-17/h1-5,10H,6-9,11H2,(H,15,16). The second kappa shape index (κ2) is 4.72. The molecule has 0 fully saturated rings. The van der Waals surface area contributed by atoms with Gasteiger partial charge in [0.1, 0.15) is 0 Å². The number of benzene rings is 1. The lowest BCUT2D eigenvalue weighted by Gasteiger charge is -2.26. The molecule has 0 saturated carbocycles. The number of rotatable bonds is 3. The van der Waals surface area contributed by atoms with Gasteiger partial charge in [-0.2, -0.15) is 5.10 Å². The molecule has 0 radical (unpaired) electrons. The van der Waals surface area contributed by atoms with Crippen molar-refractivity contribution in [2.45, 2.75) is 19.4 Å². The third-order valence-electron chi connectivity index (χ3n) is 3.45. The highest BCUT2D eigenvalue weighted by Gasteiger charge is 2.16. The molecule has 3 nitrogen and oxygen atoms in total. The molecule has 3 rings (SSSR count). The second-order valence-corrected chi connectivity index (χ2v) is 4.64. The fraction of sp³-hybridized carbons (Fsp3) is 0.357. The van der Waals surface area contributed by atoms with E-state index >= 15 is 0 Å². The van der Waals surface area contributed by atoms with E-state index in [0.29, 0.717) is 0 Å². The van der Waals surface area contributed by atoms with Gasteiger partial charge < -0.3 is 0 Å². The Labute approximate surface area is 101 Å². The summed E-state index contributed by atoms with van der Waals surface area (Å²) in [6.45, 7) is 3.30.